The summed E-state index contributed by atoms with van der Waals surface area (Å²) in [6, 6.07) is 3.59. The van der Waals surface area contributed by atoms with E-state index in [1.807, 2.05) is 11.9 Å². The van der Waals surface area contributed by atoms with E-state index < -0.39 is 0 Å². The van der Waals surface area contributed by atoms with Gasteiger partial charge in [-0.25, -0.2) is 0 Å². The Morgan fingerprint density at radius 1 is 1.41 bits per heavy atom. The van der Waals surface area contributed by atoms with Crippen LogP contribution in [0.5, 0.6) is 11.5 Å². The monoisotopic (exact) mass is 388 g/mol. The molecule has 0 spiro atoms. The topological polar surface area (TPSA) is 62.1 Å². The van der Waals surface area contributed by atoms with E-state index in [1.165, 1.54) is 17.2 Å². The first kappa shape index (κ1) is 19.5. The molecule has 1 fully saturated rings. The van der Waals surface area contributed by atoms with Gasteiger partial charge in [0.1, 0.15) is 18.1 Å². The zero-order chi connectivity index (χ0) is 19.4. The highest BCUT2D eigenvalue weighted by atomic mass is 35.5. The molecule has 2 aliphatic rings. The molecule has 1 saturated carbocycles. The van der Waals surface area contributed by atoms with E-state index in [2.05, 4.69) is 17.9 Å². The van der Waals surface area contributed by atoms with Crippen molar-refractivity contribution in [1.82, 2.24) is 5.01 Å². The normalized spacial score (nSPS) is 17.6. The highest BCUT2D eigenvalue weighted by Crippen LogP contribution is 2.38. The Bertz CT molecular complexity index is 797. The van der Waals surface area contributed by atoms with Crippen molar-refractivity contribution in [1.29, 1.82) is 0 Å². The predicted octanol–water partition coefficient (Wildman–Crippen LogP) is 5.09. The van der Waals surface area contributed by atoms with Gasteiger partial charge in [-0.05, 0) is 68.7 Å². The Morgan fingerprint density at radius 3 is 2.78 bits per heavy atom. The number of hydrogen-bond acceptors (Lipinski definition) is 5. The molecule has 2 aliphatic carbocycles. The highest BCUT2D eigenvalue weighted by Gasteiger charge is 2.32. The number of phenolic OH excluding ortho intramolecular Hbond substituents is 1. The second-order valence-corrected chi connectivity index (χ2v) is 7.30. The number of aromatic hydroxyl groups is 1. The van der Waals surface area contributed by atoms with Crippen LogP contribution in [-0.4, -0.2) is 35.8 Å². The van der Waals surface area contributed by atoms with Crippen molar-refractivity contribution >= 4 is 24.6 Å². The summed E-state index contributed by atoms with van der Waals surface area (Å²) in [6.45, 7) is 6.14. The van der Waals surface area contributed by atoms with Crippen LogP contribution in [0.25, 0.3) is 0 Å². The molecule has 0 amide bonds. The van der Waals surface area contributed by atoms with E-state index in [0.29, 0.717) is 24.7 Å². The van der Waals surface area contributed by atoms with Crippen molar-refractivity contribution in [3.63, 3.8) is 0 Å². The number of halogens is 1. The third-order valence-electron chi connectivity index (χ3n) is 5.10. The number of carbonyl (C=O) groups excluding carboxylic acids is 1. The maximum absolute atomic E-state index is 11.3. The van der Waals surface area contributed by atoms with Gasteiger partial charge in [-0.3, -0.25) is 9.80 Å². The van der Waals surface area contributed by atoms with Crippen LogP contribution in [0.1, 0.15) is 55.8 Å². The first-order chi connectivity index (χ1) is 13.1. The molecular weight excluding hydrogens is 364 g/mol. The summed E-state index contributed by atoms with van der Waals surface area (Å²) in [4.78, 5) is 11.3. The molecule has 0 radical (unpaired) electrons. The Hall–Kier alpha value is -2.27. The zero-order valence-electron chi connectivity index (χ0n) is 15.6. The number of aldehydes is 1. The SMILES string of the molecule is C=NN(/C(=C\C)C1=C(COc2ccc(Cl)c(O)c2C=O)CCCC1)C1CC1. The van der Waals surface area contributed by atoms with Crippen molar-refractivity contribution in [2.24, 2.45) is 5.10 Å². The van der Waals surface area contributed by atoms with E-state index in [-0.39, 0.29) is 16.3 Å². The number of carbonyl (C=O) groups is 1. The van der Waals surface area contributed by atoms with Gasteiger partial charge in [0.15, 0.2) is 6.29 Å². The number of hydrogen-bond donors (Lipinski definition) is 1. The van der Waals surface area contributed by atoms with Gasteiger partial charge in [-0.15, -0.1) is 0 Å². The van der Waals surface area contributed by atoms with Crippen molar-refractivity contribution in [3.05, 3.63) is 45.6 Å². The molecule has 0 unspecified atom stereocenters. The van der Waals surface area contributed by atoms with Gasteiger partial charge in [-0.2, -0.15) is 5.10 Å². The molecule has 0 aliphatic heterocycles. The smallest absolute Gasteiger partial charge is 0.157 e. The molecule has 144 valence electrons. The molecule has 0 aromatic heterocycles. The third kappa shape index (κ3) is 4.19. The van der Waals surface area contributed by atoms with E-state index in [9.17, 15) is 9.90 Å². The van der Waals surface area contributed by atoms with Gasteiger partial charge in [-0.1, -0.05) is 17.7 Å². The minimum atomic E-state index is -0.244. The number of allylic oxidation sites excluding steroid dienone is 2. The minimum absolute atomic E-state index is 0.0825. The number of ether oxygens (including phenoxy) is 1. The van der Waals surface area contributed by atoms with Gasteiger partial charge in [0, 0.05) is 6.72 Å². The third-order valence-corrected chi connectivity index (χ3v) is 5.41. The Morgan fingerprint density at radius 2 is 2.15 bits per heavy atom. The predicted molar refractivity (Wildman–Crippen MR) is 108 cm³/mol. The quantitative estimate of drug-likeness (QED) is 0.382. The molecule has 27 heavy (non-hydrogen) atoms. The maximum atomic E-state index is 11.3. The van der Waals surface area contributed by atoms with Crippen LogP contribution >= 0.6 is 11.6 Å². The van der Waals surface area contributed by atoms with Crippen LogP contribution < -0.4 is 4.74 Å². The molecule has 0 atom stereocenters. The van der Waals surface area contributed by atoms with Gasteiger partial charge in [0.05, 0.1) is 22.3 Å². The fourth-order valence-electron chi connectivity index (χ4n) is 3.56. The Labute approximate surface area is 165 Å². The average molecular weight is 389 g/mol. The van der Waals surface area contributed by atoms with Crippen LogP contribution in [0, 0.1) is 0 Å². The lowest BCUT2D eigenvalue weighted by Gasteiger charge is -2.28. The summed E-state index contributed by atoms with van der Waals surface area (Å²) in [7, 11) is 0. The van der Waals surface area contributed by atoms with Crippen molar-refractivity contribution in [2.45, 2.75) is 51.5 Å². The molecule has 1 aromatic rings. The van der Waals surface area contributed by atoms with Crippen LogP contribution in [0.4, 0.5) is 0 Å². The number of benzene rings is 1. The molecule has 1 N–H and O–H groups in total. The lowest BCUT2D eigenvalue weighted by molar-refractivity contribution is 0.111. The van der Waals surface area contributed by atoms with Crippen LogP contribution in [0.3, 0.4) is 0 Å². The summed E-state index contributed by atoms with van der Waals surface area (Å²) < 4.78 is 5.92. The van der Waals surface area contributed by atoms with E-state index in [4.69, 9.17) is 16.3 Å². The molecular formula is C21H25ClN2O3. The molecule has 0 bridgehead atoms. The van der Waals surface area contributed by atoms with Gasteiger partial charge in [0.2, 0.25) is 0 Å². The molecule has 1 aromatic carbocycles. The van der Waals surface area contributed by atoms with Crippen LogP contribution in [0.15, 0.2) is 40.2 Å². The van der Waals surface area contributed by atoms with Crippen molar-refractivity contribution in [2.75, 3.05) is 6.61 Å². The summed E-state index contributed by atoms with van der Waals surface area (Å²) in [5.74, 6) is 0.0965. The Balaban J connectivity index is 1.86. The molecule has 5 nitrogen and oxygen atoms in total. The maximum Gasteiger partial charge on any atom is 0.157 e. The zero-order valence-corrected chi connectivity index (χ0v) is 16.3. The van der Waals surface area contributed by atoms with Crippen LogP contribution in [0.2, 0.25) is 5.02 Å². The lowest BCUT2D eigenvalue weighted by Crippen LogP contribution is -2.23. The van der Waals surface area contributed by atoms with Crippen molar-refractivity contribution in [3.8, 4) is 11.5 Å². The highest BCUT2D eigenvalue weighted by molar-refractivity contribution is 6.32. The van der Waals surface area contributed by atoms with Gasteiger partial charge in [0.25, 0.3) is 0 Å². The Kier molecular flexibility index (Phi) is 6.22. The molecule has 0 saturated heterocycles. The number of nitrogens with zero attached hydrogens (tertiary/aromatic N) is 2. The summed E-state index contributed by atoms with van der Waals surface area (Å²) in [5.41, 5.74) is 3.66. The molecule has 0 heterocycles. The average Bonchev–Trinajstić information content (AvgIpc) is 3.52. The second kappa shape index (κ2) is 8.61. The number of hydrazone groups is 1. The molecule has 6 heteroatoms. The van der Waals surface area contributed by atoms with Gasteiger partial charge < -0.3 is 9.84 Å². The van der Waals surface area contributed by atoms with Crippen LogP contribution in [-0.2, 0) is 0 Å². The van der Waals surface area contributed by atoms with E-state index >= 15 is 0 Å². The van der Waals surface area contributed by atoms with Gasteiger partial charge >= 0.3 is 0 Å². The number of rotatable bonds is 8. The standard InChI is InChI=1S/C21H25ClN2O3/c1-3-19(24(23-2)15-8-9-15)16-7-5-4-6-14(16)13-27-20-11-10-18(22)21(26)17(20)12-25/h3,10-12,15,26H,2,4-9,13H2,1H3/b19-3-. The summed E-state index contributed by atoms with van der Waals surface area (Å²) in [5, 5.41) is 16.4. The van der Waals surface area contributed by atoms with E-state index in [1.54, 1.807) is 6.07 Å². The first-order valence-corrected chi connectivity index (χ1v) is 9.71. The molecule has 3 rings (SSSR count). The van der Waals surface area contributed by atoms with Crippen molar-refractivity contribution < 1.29 is 14.6 Å². The second-order valence-electron chi connectivity index (χ2n) is 6.89. The number of phenols is 1. The van der Waals surface area contributed by atoms with E-state index in [0.717, 1.165) is 44.2 Å². The lowest BCUT2D eigenvalue weighted by atomic mass is 9.89. The first-order valence-electron chi connectivity index (χ1n) is 9.33. The summed E-state index contributed by atoms with van der Waals surface area (Å²) >= 11 is 5.88. The summed E-state index contributed by atoms with van der Waals surface area (Å²) in [6.07, 6.45) is 9.11. The fourth-order valence-corrected chi connectivity index (χ4v) is 3.72. The largest absolute Gasteiger partial charge is 0.505 e. The fraction of sp³-hybridized carbons (Fsp3) is 0.429. The minimum Gasteiger partial charge on any atom is -0.505 e.